The van der Waals surface area contributed by atoms with Crippen molar-refractivity contribution in [3.05, 3.63) is 34.9 Å². The van der Waals surface area contributed by atoms with Crippen LogP contribution in [0, 0.1) is 6.92 Å². The highest BCUT2D eigenvalue weighted by molar-refractivity contribution is 7.99. The van der Waals surface area contributed by atoms with Crippen LogP contribution in [0.5, 0.6) is 0 Å². The predicted molar refractivity (Wildman–Crippen MR) is 89.6 cm³/mol. The lowest BCUT2D eigenvalue weighted by molar-refractivity contribution is -0.113. The monoisotopic (exact) mass is 351 g/mol. The van der Waals surface area contributed by atoms with Crippen LogP contribution < -0.4 is 5.32 Å². The van der Waals surface area contributed by atoms with Gasteiger partial charge < -0.3 is 9.09 Å². The summed E-state index contributed by atoms with van der Waals surface area (Å²) in [5.74, 6) is 2.24. The number of amides is 1. The Morgan fingerprint density at radius 3 is 3.00 bits per heavy atom. The topological polar surface area (TPSA) is 85.8 Å². The van der Waals surface area contributed by atoms with Crippen molar-refractivity contribution in [1.29, 1.82) is 0 Å². The van der Waals surface area contributed by atoms with Crippen molar-refractivity contribution in [3.8, 4) is 0 Å². The highest BCUT2D eigenvalue weighted by Crippen LogP contribution is 2.22. The maximum atomic E-state index is 12.0. The van der Waals surface area contributed by atoms with Gasteiger partial charge in [0, 0.05) is 19.0 Å². The molecule has 1 aromatic carbocycles. The predicted octanol–water partition coefficient (Wildman–Crippen LogP) is 2.79. The molecule has 3 aromatic rings. The van der Waals surface area contributed by atoms with Crippen molar-refractivity contribution in [1.82, 2.24) is 19.7 Å². The zero-order valence-corrected chi connectivity index (χ0v) is 14.1. The van der Waals surface area contributed by atoms with Gasteiger partial charge in [-0.25, -0.2) is 4.98 Å². The molecule has 9 heteroatoms. The van der Waals surface area contributed by atoms with Gasteiger partial charge in [-0.05, 0) is 18.2 Å². The Morgan fingerprint density at radius 1 is 1.43 bits per heavy atom. The van der Waals surface area contributed by atoms with Gasteiger partial charge in [0.1, 0.15) is 0 Å². The molecule has 1 amide bonds. The normalized spacial score (nSPS) is 11.1. The Balaban J connectivity index is 1.60. The zero-order valence-electron chi connectivity index (χ0n) is 12.5. The van der Waals surface area contributed by atoms with Gasteiger partial charge in [0.2, 0.25) is 17.7 Å². The van der Waals surface area contributed by atoms with Crippen molar-refractivity contribution in [2.45, 2.75) is 12.7 Å². The largest absolute Gasteiger partial charge is 0.340 e. The third-order valence-electron chi connectivity index (χ3n) is 3.13. The first-order chi connectivity index (χ1) is 11.0. The van der Waals surface area contributed by atoms with E-state index in [0.29, 0.717) is 28.4 Å². The molecule has 23 heavy (non-hydrogen) atoms. The second kappa shape index (κ2) is 6.59. The molecule has 3 rings (SSSR count). The Labute approximate surface area is 141 Å². The first-order valence-electron chi connectivity index (χ1n) is 6.81. The van der Waals surface area contributed by atoms with E-state index in [4.69, 9.17) is 16.1 Å². The molecule has 0 atom stereocenters. The van der Waals surface area contributed by atoms with Crippen molar-refractivity contribution in [3.63, 3.8) is 0 Å². The number of aryl methyl sites for hydroxylation is 2. The van der Waals surface area contributed by atoms with Crippen LogP contribution in [0.25, 0.3) is 11.0 Å². The van der Waals surface area contributed by atoms with E-state index in [0.717, 1.165) is 11.0 Å². The Bertz CT molecular complexity index is 860. The van der Waals surface area contributed by atoms with E-state index in [1.807, 2.05) is 17.7 Å². The minimum atomic E-state index is -0.139. The fourth-order valence-corrected chi connectivity index (χ4v) is 2.91. The SMILES string of the molecule is Cc1nc(CSCC(=O)Nc2nc3cc(Cl)ccc3n2C)no1. The fraction of sp³-hybridized carbons (Fsp3) is 0.286. The number of thioether (sulfide) groups is 1. The van der Waals surface area contributed by atoms with Gasteiger partial charge in [-0.15, -0.1) is 11.8 Å². The molecular formula is C14H14ClN5O2S. The molecule has 0 bridgehead atoms. The summed E-state index contributed by atoms with van der Waals surface area (Å²) < 4.78 is 6.69. The van der Waals surface area contributed by atoms with Crippen LogP contribution in [-0.4, -0.2) is 31.4 Å². The molecule has 0 unspecified atom stereocenters. The number of hydrogen-bond donors (Lipinski definition) is 1. The molecule has 1 N–H and O–H groups in total. The van der Waals surface area contributed by atoms with Crippen LogP contribution >= 0.6 is 23.4 Å². The quantitative estimate of drug-likeness (QED) is 0.760. The smallest absolute Gasteiger partial charge is 0.236 e. The number of nitrogens with zero attached hydrogens (tertiary/aromatic N) is 4. The van der Waals surface area contributed by atoms with E-state index >= 15 is 0 Å². The molecule has 0 spiro atoms. The van der Waals surface area contributed by atoms with E-state index < -0.39 is 0 Å². The van der Waals surface area contributed by atoms with Gasteiger partial charge in [0.15, 0.2) is 5.82 Å². The maximum absolute atomic E-state index is 12.0. The first kappa shape index (κ1) is 15.8. The standard InChI is InChI=1S/C14H14ClN5O2S/c1-8-16-12(19-22-8)6-23-7-13(21)18-14-17-10-5-9(15)3-4-11(10)20(14)2/h3-5H,6-7H2,1-2H3,(H,17,18,21). The number of imidazole rings is 1. The van der Waals surface area contributed by atoms with Crippen molar-refractivity contribution in [2.75, 3.05) is 11.1 Å². The Morgan fingerprint density at radius 2 is 2.26 bits per heavy atom. The van der Waals surface area contributed by atoms with Crippen molar-refractivity contribution in [2.24, 2.45) is 7.05 Å². The third-order valence-corrected chi connectivity index (χ3v) is 4.29. The molecule has 0 saturated heterocycles. The van der Waals surface area contributed by atoms with E-state index in [1.54, 1.807) is 19.1 Å². The number of aromatic nitrogens is 4. The molecule has 2 aromatic heterocycles. The third kappa shape index (κ3) is 3.65. The summed E-state index contributed by atoms with van der Waals surface area (Å²) in [7, 11) is 1.84. The summed E-state index contributed by atoms with van der Waals surface area (Å²) in [5, 5.41) is 7.19. The molecule has 0 fully saturated rings. The summed E-state index contributed by atoms with van der Waals surface area (Å²) in [4.78, 5) is 20.5. The second-order valence-electron chi connectivity index (χ2n) is 4.90. The number of nitrogens with one attached hydrogen (secondary N) is 1. The maximum Gasteiger partial charge on any atom is 0.236 e. The highest BCUT2D eigenvalue weighted by atomic mass is 35.5. The van der Waals surface area contributed by atoms with E-state index in [1.165, 1.54) is 11.8 Å². The summed E-state index contributed by atoms with van der Waals surface area (Å²) >= 11 is 7.36. The van der Waals surface area contributed by atoms with Crippen molar-refractivity contribution < 1.29 is 9.32 Å². The van der Waals surface area contributed by atoms with Gasteiger partial charge in [0.25, 0.3) is 0 Å². The number of halogens is 1. The second-order valence-corrected chi connectivity index (χ2v) is 6.32. The van der Waals surface area contributed by atoms with E-state index in [2.05, 4.69) is 20.4 Å². The minimum absolute atomic E-state index is 0.139. The van der Waals surface area contributed by atoms with Gasteiger partial charge in [-0.1, -0.05) is 16.8 Å². The van der Waals surface area contributed by atoms with Gasteiger partial charge in [-0.2, -0.15) is 4.98 Å². The summed E-state index contributed by atoms with van der Waals surface area (Å²) in [6, 6.07) is 5.42. The molecule has 0 aliphatic rings. The van der Waals surface area contributed by atoms with Crippen LogP contribution in [0.15, 0.2) is 22.7 Å². The molecule has 7 nitrogen and oxygen atoms in total. The fourth-order valence-electron chi connectivity index (χ4n) is 2.08. The number of hydrogen-bond acceptors (Lipinski definition) is 6. The lowest BCUT2D eigenvalue weighted by atomic mass is 10.3. The van der Waals surface area contributed by atoms with Crippen LogP contribution in [0.3, 0.4) is 0 Å². The molecule has 0 radical (unpaired) electrons. The Kier molecular flexibility index (Phi) is 4.53. The van der Waals surface area contributed by atoms with Crippen LogP contribution in [0.1, 0.15) is 11.7 Å². The van der Waals surface area contributed by atoms with E-state index in [-0.39, 0.29) is 11.7 Å². The molecule has 120 valence electrons. The lowest BCUT2D eigenvalue weighted by Crippen LogP contribution is -2.17. The summed E-state index contributed by atoms with van der Waals surface area (Å²) in [6.07, 6.45) is 0. The zero-order chi connectivity index (χ0) is 16.4. The summed E-state index contributed by atoms with van der Waals surface area (Å²) in [5.41, 5.74) is 1.64. The molecular weight excluding hydrogens is 338 g/mol. The van der Waals surface area contributed by atoms with Crippen LogP contribution in [-0.2, 0) is 17.6 Å². The minimum Gasteiger partial charge on any atom is -0.340 e. The number of carbonyl (C=O) groups excluding carboxylic acids is 1. The molecule has 2 heterocycles. The van der Waals surface area contributed by atoms with Gasteiger partial charge in [0.05, 0.1) is 22.5 Å². The first-order valence-corrected chi connectivity index (χ1v) is 8.35. The van der Waals surface area contributed by atoms with Crippen LogP contribution in [0.4, 0.5) is 5.95 Å². The molecule has 0 aliphatic heterocycles. The highest BCUT2D eigenvalue weighted by Gasteiger charge is 2.12. The number of fused-ring (bicyclic) bond motifs is 1. The van der Waals surface area contributed by atoms with Crippen LogP contribution in [0.2, 0.25) is 5.02 Å². The molecule has 0 aliphatic carbocycles. The van der Waals surface area contributed by atoms with Gasteiger partial charge >= 0.3 is 0 Å². The average molecular weight is 352 g/mol. The Hall–Kier alpha value is -2.06. The number of benzene rings is 1. The van der Waals surface area contributed by atoms with Crippen molar-refractivity contribution >= 4 is 46.3 Å². The molecule has 0 saturated carbocycles. The van der Waals surface area contributed by atoms with Gasteiger partial charge in [-0.3, -0.25) is 10.1 Å². The summed E-state index contributed by atoms with van der Waals surface area (Å²) in [6.45, 7) is 1.73. The number of carbonyl (C=O) groups is 1. The van der Waals surface area contributed by atoms with E-state index in [9.17, 15) is 4.79 Å². The lowest BCUT2D eigenvalue weighted by Gasteiger charge is -2.04. The number of rotatable bonds is 5. The average Bonchev–Trinajstić information content (AvgIpc) is 3.03. The number of anilines is 1.